The van der Waals surface area contributed by atoms with Gasteiger partial charge in [-0.15, -0.1) is 0 Å². The molecule has 0 aromatic heterocycles. The molecule has 0 aliphatic heterocycles. The summed E-state index contributed by atoms with van der Waals surface area (Å²) >= 11 is 0. The summed E-state index contributed by atoms with van der Waals surface area (Å²) in [6, 6.07) is 0.0224. The zero-order valence-corrected chi connectivity index (χ0v) is 16.5. The first-order valence-electron chi connectivity index (χ1n) is 10.5. The number of carbonyl (C=O) groups is 1. The summed E-state index contributed by atoms with van der Waals surface area (Å²) in [5, 5.41) is 4.38. The molecule has 0 amide bonds. The van der Waals surface area contributed by atoms with Crippen molar-refractivity contribution in [1.29, 1.82) is 0 Å². The highest BCUT2D eigenvalue weighted by Crippen LogP contribution is 2.63. The van der Waals surface area contributed by atoms with Gasteiger partial charge in [-0.1, -0.05) is 31.2 Å². The van der Waals surface area contributed by atoms with Gasteiger partial charge in [0.2, 0.25) is 0 Å². The second-order valence-electron chi connectivity index (χ2n) is 9.84. The predicted octanol–water partition coefficient (Wildman–Crippen LogP) is 4.09. The molecule has 0 heterocycles. The molecule has 0 bridgehead atoms. The summed E-state index contributed by atoms with van der Waals surface area (Å²) in [4.78, 5) is 17.9. The number of rotatable bonds is 3. The van der Waals surface area contributed by atoms with Gasteiger partial charge in [0.25, 0.3) is 0 Å². The van der Waals surface area contributed by atoms with Gasteiger partial charge < -0.3 is 10.6 Å². The summed E-state index contributed by atoms with van der Waals surface area (Å²) in [6.07, 6.45) is 12.3. The molecule has 5 unspecified atom stereocenters. The number of oxime groups is 1. The highest BCUT2D eigenvalue weighted by Gasteiger charge is 2.58. The average molecular weight is 359 g/mol. The number of ketones is 1. The van der Waals surface area contributed by atoms with Crippen LogP contribution >= 0.6 is 0 Å². The molecule has 7 atom stereocenters. The minimum Gasteiger partial charge on any atom is -0.394 e. The molecular weight excluding hydrogens is 324 g/mol. The lowest BCUT2D eigenvalue weighted by atomic mass is 9.47. The maximum absolute atomic E-state index is 12.5. The molecule has 0 aromatic carbocycles. The lowest BCUT2D eigenvalue weighted by Gasteiger charge is -2.57. The Kier molecular flexibility index (Phi) is 4.53. The molecule has 0 spiro atoms. The first kappa shape index (κ1) is 18.2. The monoisotopic (exact) mass is 358 g/mol. The Hall–Kier alpha value is -1.16. The van der Waals surface area contributed by atoms with E-state index < -0.39 is 0 Å². The van der Waals surface area contributed by atoms with Crippen LogP contribution in [0.2, 0.25) is 0 Å². The van der Waals surface area contributed by atoms with Crippen LogP contribution in [0.1, 0.15) is 65.7 Å². The normalized spacial score (nSPS) is 47.2. The molecule has 26 heavy (non-hydrogen) atoms. The third kappa shape index (κ3) is 2.76. The second-order valence-corrected chi connectivity index (χ2v) is 9.84. The number of nitrogens with zero attached hydrogens (tertiary/aromatic N) is 1. The largest absolute Gasteiger partial charge is 0.394 e. The van der Waals surface area contributed by atoms with Crippen LogP contribution in [0.3, 0.4) is 0 Å². The summed E-state index contributed by atoms with van der Waals surface area (Å²) < 4.78 is 0. The van der Waals surface area contributed by atoms with Crippen molar-refractivity contribution in [1.82, 2.24) is 0 Å². The van der Waals surface area contributed by atoms with Gasteiger partial charge in [-0.05, 0) is 74.5 Å². The highest BCUT2D eigenvalue weighted by atomic mass is 16.6. The number of hydrogen-bond acceptors (Lipinski definition) is 4. The number of nitrogens with two attached hydrogens (primary N) is 1. The van der Waals surface area contributed by atoms with Crippen molar-refractivity contribution in [3.63, 3.8) is 0 Å². The molecule has 4 aliphatic rings. The van der Waals surface area contributed by atoms with Crippen molar-refractivity contribution in [2.75, 3.05) is 6.61 Å². The Morgan fingerprint density at radius 3 is 2.81 bits per heavy atom. The molecule has 0 aromatic rings. The van der Waals surface area contributed by atoms with Gasteiger partial charge >= 0.3 is 0 Å². The predicted molar refractivity (Wildman–Crippen MR) is 104 cm³/mol. The second kappa shape index (κ2) is 6.47. The van der Waals surface area contributed by atoms with Crippen molar-refractivity contribution in [3.8, 4) is 0 Å². The van der Waals surface area contributed by atoms with Crippen molar-refractivity contribution in [2.24, 2.45) is 45.4 Å². The SMILES string of the molecule is CC(N)CO/N=C1/CC[C@@]2(C)C(C=CC3C2CC[C@]2(C)C(=O)CCC32)C1. The first-order valence-corrected chi connectivity index (χ1v) is 10.5. The average Bonchev–Trinajstić information content (AvgIpc) is 2.90. The first-order chi connectivity index (χ1) is 12.3. The molecule has 2 N–H and O–H groups in total. The van der Waals surface area contributed by atoms with Crippen molar-refractivity contribution in [3.05, 3.63) is 12.2 Å². The van der Waals surface area contributed by atoms with Crippen LogP contribution in [0.4, 0.5) is 0 Å². The Morgan fingerprint density at radius 2 is 2.04 bits per heavy atom. The quantitative estimate of drug-likeness (QED) is 0.610. The van der Waals surface area contributed by atoms with Crippen LogP contribution < -0.4 is 5.73 Å². The van der Waals surface area contributed by atoms with E-state index in [9.17, 15) is 4.79 Å². The van der Waals surface area contributed by atoms with E-state index >= 15 is 0 Å². The van der Waals surface area contributed by atoms with E-state index in [0.717, 1.165) is 32.1 Å². The van der Waals surface area contributed by atoms with E-state index in [1.807, 2.05) is 6.92 Å². The molecule has 144 valence electrons. The summed E-state index contributed by atoms with van der Waals surface area (Å²) in [5.41, 5.74) is 7.22. The third-order valence-corrected chi connectivity index (χ3v) is 8.24. The van der Waals surface area contributed by atoms with Gasteiger partial charge in [0.15, 0.2) is 0 Å². The molecule has 4 aliphatic carbocycles. The van der Waals surface area contributed by atoms with Gasteiger partial charge in [-0.2, -0.15) is 0 Å². The fourth-order valence-corrected chi connectivity index (χ4v) is 6.53. The number of carbonyl (C=O) groups excluding carboxylic acids is 1. The Bertz CT molecular complexity index is 640. The van der Waals surface area contributed by atoms with E-state index in [4.69, 9.17) is 10.6 Å². The summed E-state index contributed by atoms with van der Waals surface area (Å²) in [6.45, 7) is 7.16. The van der Waals surface area contributed by atoms with Crippen molar-refractivity contribution < 1.29 is 9.63 Å². The molecule has 3 fully saturated rings. The maximum Gasteiger partial charge on any atom is 0.139 e. The van der Waals surface area contributed by atoms with E-state index in [1.54, 1.807) is 0 Å². The van der Waals surface area contributed by atoms with Gasteiger partial charge in [0.05, 0.1) is 5.71 Å². The number of hydrogen-bond donors (Lipinski definition) is 1. The van der Waals surface area contributed by atoms with E-state index in [-0.39, 0.29) is 11.5 Å². The van der Waals surface area contributed by atoms with Crippen LogP contribution in [0.25, 0.3) is 0 Å². The molecule has 0 saturated heterocycles. The zero-order valence-electron chi connectivity index (χ0n) is 16.5. The smallest absolute Gasteiger partial charge is 0.139 e. The van der Waals surface area contributed by atoms with Crippen LogP contribution in [-0.2, 0) is 9.63 Å². The van der Waals surface area contributed by atoms with Crippen LogP contribution in [0, 0.1) is 34.5 Å². The van der Waals surface area contributed by atoms with E-state index in [0.29, 0.717) is 41.5 Å². The topological polar surface area (TPSA) is 64.7 Å². The lowest BCUT2D eigenvalue weighted by Crippen LogP contribution is -2.51. The van der Waals surface area contributed by atoms with Crippen LogP contribution in [0.15, 0.2) is 17.3 Å². The minimum absolute atomic E-state index is 0.0224. The summed E-state index contributed by atoms with van der Waals surface area (Å²) in [5.74, 6) is 2.94. The Balaban J connectivity index is 1.53. The van der Waals surface area contributed by atoms with Gasteiger partial charge in [-0.25, -0.2) is 0 Å². The lowest BCUT2D eigenvalue weighted by molar-refractivity contribution is -0.131. The molecule has 4 nitrogen and oxygen atoms in total. The number of Topliss-reactive ketones (excluding diaryl/α,β-unsaturated/α-hetero) is 1. The van der Waals surface area contributed by atoms with E-state index in [2.05, 4.69) is 31.2 Å². The zero-order chi connectivity index (χ0) is 18.5. The van der Waals surface area contributed by atoms with Gasteiger partial charge in [0, 0.05) is 17.9 Å². The third-order valence-electron chi connectivity index (χ3n) is 8.24. The fraction of sp³-hybridized carbons (Fsp3) is 0.818. The fourth-order valence-electron chi connectivity index (χ4n) is 6.53. The molecule has 0 radical (unpaired) electrons. The van der Waals surface area contributed by atoms with E-state index in [1.165, 1.54) is 18.6 Å². The highest BCUT2D eigenvalue weighted by molar-refractivity contribution is 5.87. The van der Waals surface area contributed by atoms with Crippen molar-refractivity contribution in [2.45, 2.75) is 71.8 Å². The molecular formula is C22H34N2O2. The minimum atomic E-state index is -0.0528. The van der Waals surface area contributed by atoms with Crippen molar-refractivity contribution >= 4 is 11.5 Å². The molecule has 4 heteroatoms. The Morgan fingerprint density at radius 1 is 1.23 bits per heavy atom. The number of allylic oxidation sites excluding steroid dienone is 2. The Labute approximate surface area is 157 Å². The molecule has 3 saturated carbocycles. The van der Waals surface area contributed by atoms with Crippen LogP contribution in [0.5, 0.6) is 0 Å². The van der Waals surface area contributed by atoms with Gasteiger partial charge in [-0.3, -0.25) is 4.79 Å². The van der Waals surface area contributed by atoms with Gasteiger partial charge in [0.1, 0.15) is 12.4 Å². The van der Waals surface area contributed by atoms with Crippen LogP contribution in [-0.4, -0.2) is 24.1 Å². The maximum atomic E-state index is 12.5. The standard InChI is InChI=1S/C22H34N2O2/c1-14(23)13-26-24-16-8-10-21(2)15(12-16)4-5-17-18-6-7-20(25)22(18,3)11-9-19(17)21/h4-5,14-15,17-19H,6-13,23H2,1-3H3/b24-16-/t14?,15?,17?,18?,19?,21-,22-/m0/s1. The number of fused-ring (bicyclic) bond motifs is 5. The molecule has 4 rings (SSSR count). The summed E-state index contributed by atoms with van der Waals surface area (Å²) in [7, 11) is 0.